The van der Waals surface area contributed by atoms with Crippen LogP contribution in [0, 0.1) is 17.7 Å². The van der Waals surface area contributed by atoms with E-state index in [4.69, 9.17) is 4.52 Å². The first-order chi connectivity index (χ1) is 17.5. The molecule has 2 aromatic carbocycles. The molecule has 1 aromatic heterocycles. The zero-order valence-corrected chi connectivity index (χ0v) is 20.8. The number of nitrogens with zero attached hydrogens (tertiary/aromatic N) is 4. The highest BCUT2D eigenvalue weighted by molar-refractivity contribution is 5.89. The molecule has 2 aliphatic heterocycles. The molecule has 0 atom stereocenters. The number of aromatic nitrogens is 2. The van der Waals surface area contributed by atoms with Crippen LogP contribution >= 0.6 is 0 Å². The summed E-state index contributed by atoms with van der Waals surface area (Å²) in [5.41, 5.74) is 3.15. The van der Waals surface area contributed by atoms with Gasteiger partial charge in [-0.3, -0.25) is 9.69 Å². The number of anilines is 1. The predicted octanol–water partition coefficient (Wildman–Crippen LogP) is 4.75. The van der Waals surface area contributed by atoms with Crippen molar-refractivity contribution >= 4 is 11.6 Å². The Morgan fingerprint density at radius 2 is 1.69 bits per heavy atom. The lowest BCUT2D eigenvalue weighted by atomic mass is 9.96. The highest BCUT2D eigenvalue weighted by Gasteiger charge is 2.22. The normalized spacial score (nSPS) is 17.9. The first kappa shape index (κ1) is 24.4. The Hall–Kier alpha value is -3.26. The molecule has 2 aliphatic rings. The molecule has 2 fully saturated rings. The van der Waals surface area contributed by atoms with Crippen LogP contribution in [0.4, 0.5) is 10.1 Å². The number of nitrogens with one attached hydrogen (secondary N) is 1. The molecular formula is C28H34FN5O2. The maximum absolute atomic E-state index is 13.1. The lowest BCUT2D eigenvalue weighted by Crippen LogP contribution is -2.38. The standard InChI is InChI=1S/C28H34FN5O2/c1-20-10-16-34(17-11-20)25-8-4-23(5-9-25)26-31-28(36-32-26)27(35)30-18-21-12-14-33(15-13-21)19-22-2-6-24(29)7-3-22/h2-9,20-21H,10-19H2,1H3,(H,30,35). The number of rotatable bonds is 7. The first-order valence-electron chi connectivity index (χ1n) is 13.0. The minimum Gasteiger partial charge on any atom is -0.372 e. The number of halogens is 1. The fourth-order valence-corrected chi connectivity index (χ4v) is 5.03. The number of hydrogen-bond donors (Lipinski definition) is 1. The van der Waals surface area contributed by atoms with E-state index in [1.54, 1.807) is 0 Å². The van der Waals surface area contributed by atoms with Crippen molar-refractivity contribution in [1.82, 2.24) is 20.4 Å². The van der Waals surface area contributed by atoms with Gasteiger partial charge in [-0.25, -0.2) is 4.39 Å². The molecule has 36 heavy (non-hydrogen) atoms. The zero-order valence-electron chi connectivity index (χ0n) is 20.8. The second-order valence-electron chi connectivity index (χ2n) is 10.2. The third-order valence-corrected chi connectivity index (χ3v) is 7.47. The molecule has 1 N–H and O–H groups in total. The molecular weight excluding hydrogens is 457 g/mol. The van der Waals surface area contributed by atoms with Crippen LogP contribution in [-0.4, -0.2) is 53.7 Å². The number of benzene rings is 2. The van der Waals surface area contributed by atoms with Gasteiger partial charge in [-0.1, -0.05) is 24.2 Å². The van der Waals surface area contributed by atoms with Crippen molar-refractivity contribution in [1.29, 1.82) is 0 Å². The van der Waals surface area contributed by atoms with E-state index in [2.05, 4.69) is 44.3 Å². The lowest BCUT2D eigenvalue weighted by Gasteiger charge is -2.32. The second-order valence-corrected chi connectivity index (χ2v) is 10.2. The number of carbonyl (C=O) groups is 1. The van der Waals surface area contributed by atoms with Gasteiger partial charge in [-0.15, -0.1) is 0 Å². The summed E-state index contributed by atoms with van der Waals surface area (Å²) in [6, 6.07) is 14.8. The number of amides is 1. The van der Waals surface area contributed by atoms with Crippen molar-refractivity contribution in [3.8, 4) is 11.4 Å². The predicted molar refractivity (Wildman–Crippen MR) is 137 cm³/mol. The van der Waals surface area contributed by atoms with E-state index in [1.807, 2.05) is 24.3 Å². The van der Waals surface area contributed by atoms with E-state index in [0.29, 0.717) is 18.3 Å². The second kappa shape index (κ2) is 11.2. The van der Waals surface area contributed by atoms with Crippen LogP contribution in [0.1, 0.15) is 48.9 Å². The molecule has 2 saturated heterocycles. The Bertz CT molecular complexity index is 1130. The topological polar surface area (TPSA) is 74.5 Å². The molecule has 1 amide bonds. The average molecular weight is 492 g/mol. The average Bonchev–Trinajstić information content (AvgIpc) is 3.41. The van der Waals surface area contributed by atoms with Crippen molar-refractivity contribution in [2.24, 2.45) is 11.8 Å². The minimum absolute atomic E-state index is 0.00663. The fourth-order valence-electron chi connectivity index (χ4n) is 5.03. The molecule has 3 aromatic rings. The summed E-state index contributed by atoms with van der Waals surface area (Å²) in [4.78, 5) is 21.7. The highest BCUT2D eigenvalue weighted by Crippen LogP contribution is 2.25. The summed E-state index contributed by atoms with van der Waals surface area (Å²) in [7, 11) is 0. The van der Waals surface area contributed by atoms with Crippen LogP contribution in [0.15, 0.2) is 53.1 Å². The van der Waals surface area contributed by atoms with Crippen LogP contribution in [0.3, 0.4) is 0 Å². The summed E-state index contributed by atoms with van der Waals surface area (Å²) in [5.74, 6) is 1.08. The molecule has 0 aliphatic carbocycles. The van der Waals surface area contributed by atoms with Gasteiger partial charge in [0.05, 0.1) is 0 Å². The van der Waals surface area contributed by atoms with Crippen LogP contribution < -0.4 is 10.2 Å². The maximum Gasteiger partial charge on any atom is 0.316 e. The summed E-state index contributed by atoms with van der Waals surface area (Å²) < 4.78 is 18.4. The van der Waals surface area contributed by atoms with Crippen molar-refractivity contribution in [2.75, 3.05) is 37.6 Å². The van der Waals surface area contributed by atoms with Gasteiger partial charge in [0.15, 0.2) is 0 Å². The molecule has 0 radical (unpaired) electrons. The molecule has 8 heteroatoms. The molecule has 7 nitrogen and oxygen atoms in total. The monoisotopic (exact) mass is 491 g/mol. The van der Waals surface area contributed by atoms with Gasteiger partial charge in [0.1, 0.15) is 5.82 Å². The number of carbonyl (C=O) groups excluding carboxylic acids is 1. The van der Waals surface area contributed by atoms with E-state index in [-0.39, 0.29) is 17.6 Å². The Kier molecular flexibility index (Phi) is 7.60. The van der Waals surface area contributed by atoms with Gasteiger partial charge in [0.25, 0.3) is 0 Å². The Balaban J connectivity index is 1.08. The summed E-state index contributed by atoms with van der Waals surface area (Å²) in [5, 5.41) is 6.98. The van der Waals surface area contributed by atoms with Gasteiger partial charge in [-0.2, -0.15) is 4.98 Å². The summed E-state index contributed by atoms with van der Waals surface area (Å²) >= 11 is 0. The highest BCUT2D eigenvalue weighted by atomic mass is 19.1. The van der Waals surface area contributed by atoms with E-state index < -0.39 is 0 Å². The SMILES string of the molecule is CC1CCN(c2ccc(-c3noc(C(=O)NCC4CCN(Cc5ccc(F)cc5)CC4)n3)cc2)CC1. The van der Waals surface area contributed by atoms with Gasteiger partial charge in [0.2, 0.25) is 5.82 Å². The van der Waals surface area contributed by atoms with Gasteiger partial charge in [0, 0.05) is 37.4 Å². The van der Waals surface area contributed by atoms with Gasteiger partial charge < -0.3 is 14.7 Å². The number of likely N-dealkylation sites (tertiary alicyclic amines) is 1. The third kappa shape index (κ3) is 6.10. The van der Waals surface area contributed by atoms with Gasteiger partial charge >= 0.3 is 11.8 Å². The van der Waals surface area contributed by atoms with Crippen molar-refractivity contribution in [3.63, 3.8) is 0 Å². The van der Waals surface area contributed by atoms with Crippen molar-refractivity contribution in [2.45, 2.75) is 39.2 Å². The molecule has 5 rings (SSSR count). The quantitative estimate of drug-likeness (QED) is 0.514. The lowest BCUT2D eigenvalue weighted by molar-refractivity contribution is 0.0891. The summed E-state index contributed by atoms with van der Waals surface area (Å²) in [6.45, 7) is 7.79. The third-order valence-electron chi connectivity index (χ3n) is 7.47. The van der Waals surface area contributed by atoms with E-state index in [0.717, 1.165) is 62.6 Å². The minimum atomic E-state index is -0.332. The Morgan fingerprint density at radius 3 is 2.39 bits per heavy atom. The molecule has 0 bridgehead atoms. The van der Waals surface area contributed by atoms with E-state index in [1.165, 1.54) is 30.7 Å². The largest absolute Gasteiger partial charge is 0.372 e. The number of hydrogen-bond acceptors (Lipinski definition) is 6. The van der Waals surface area contributed by atoms with E-state index >= 15 is 0 Å². The van der Waals surface area contributed by atoms with Crippen LogP contribution in [0.2, 0.25) is 0 Å². The number of piperidine rings is 2. The Labute approximate surface area is 211 Å². The maximum atomic E-state index is 13.1. The van der Waals surface area contributed by atoms with Crippen molar-refractivity contribution in [3.05, 3.63) is 65.8 Å². The molecule has 3 heterocycles. The Morgan fingerprint density at radius 1 is 1.00 bits per heavy atom. The van der Waals surface area contributed by atoms with Crippen molar-refractivity contribution < 1.29 is 13.7 Å². The van der Waals surface area contributed by atoms with E-state index in [9.17, 15) is 9.18 Å². The smallest absolute Gasteiger partial charge is 0.316 e. The van der Waals surface area contributed by atoms with Gasteiger partial charge in [-0.05, 0) is 92.6 Å². The fraction of sp³-hybridized carbons (Fsp3) is 0.464. The summed E-state index contributed by atoms with van der Waals surface area (Å²) in [6.07, 6.45) is 4.44. The molecule has 0 spiro atoms. The molecule has 190 valence electrons. The molecule has 0 unspecified atom stereocenters. The van der Waals surface area contributed by atoms with Crippen LogP contribution in [0.5, 0.6) is 0 Å². The molecule has 0 saturated carbocycles. The van der Waals surface area contributed by atoms with Crippen LogP contribution in [-0.2, 0) is 6.54 Å². The zero-order chi connectivity index (χ0) is 24.9. The first-order valence-corrected chi connectivity index (χ1v) is 13.0. The van der Waals surface area contributed by atoms with Crippen LogP contribution in [0.25, 0.3) is 11.4 Å².